The predicted octanol–water partition coefficient (Wildman–Crippen LogP) is 0.497. The highest BCUT2D eigenvalue weighted by molar-refractivity contribution is 5.97. The zero-order valence-electron chi connectivity index (χ0n) is 11.1. The van der Waals surface area contributed by atoms with Crippen molar-refractivity contribution in [2.24, 2.45) is 17.9 Å². The lowest BCUT2D eigenvalue weighted by Crippen LogP contribution is -2.13. The monoisotopic (exact) mass is 277 g/mol. The van der Waals surface area contributed by atoms with Gasteiger partial charge < -0.3 is 20.4 Å². The maximum absolute atomic E-state index is 8.71. The van der Waals surface area contributed by atoms with E-state index in [0.717, 1.165) is 0 Å². The summed E-state index contributed by atoms with van der Waals surface area (Å²) in [5.41, 5.74) is 6.76. The third kappa shape index (κ3) is 3.16. The van der Waals surface area contributed by atoms with E-state index >= 15 is 0 Å². The van der Waals surface area contributed by atoms with E-state index in [1.165, 1.54) is 7.11 Å². The smallest absolute Gasteiger partial charge is 0.170 e. The zero-order valence-corrected chi connectivity index (χ0v) is 11.1. The van der Waals surface area contributed by atoms with Gasteiger partial charge in [0.05, 0.1) is 13.3 Å². The van der Waals surface area contributed by atoms with Crippen molar-refractivity contribution in [1.82, 2.24) is 15.0 Å². The lowest BCUT2D eigenvalue weighted by Gasteiger charge is -2.09. The summed E-state index contributed by atoms with van der Waals surface area (Å²) in [5, 5.41) is 19.4. The molecule has 0 bridgehead atoms. The molecule has 0 spiro atoms. The molecule has 0 atom stereocenters. The Labute approximate surface area is 115 Å². The normalized spacial score (nSPS) is 11.4. The summed E-state index contributed by atoms with van der Waals surface area (Å²) < 4.78 is 12.3. The molecule has 0 fully saturated rings. The topological polar surface area (TPSA) is 108 Å². The molecule has 0 saturated heterocycles. The molecule has 0 unspecified atom stereocenters. The number of rotatable bonds is 5. The number of hydrogen-bond acceptors (Lipinski definition) is 6. The average molecular weight is 277 g/mol. The molecule has 20 heavy (non-hydrogen) atoms. The maximum Gasteiger partial charge on any atom is 0.170 e. The van der Waals surface area contributed by atoms with Crippen molar-refractivity contribution in [2.75, 3.05) is 7.11 Å². The number of hydrogen-bond donors (Lipinski definition) is 2. The molecule has 2 aromatic rings. The van der Waals surface area contributed by atoms with Gasteiger partial charge in [0.1, 0.15) is 23.8 Å². The van der Waals surface area contributed by atoms with Crippen LogP contribution in [0.4, 0.5) is 0 Å². The van der Waals surface area contributed by atoms with E-state index < -0.39 is 0 Å². The van der Waals surface area contributed by atoms with Crippen LogP contribution in [-0.2, 0) is 13.7 Å². The summed E-state index contributed by atoms with van der Waals surface area (Å²) >= 11 is 0. The predicted molar refractivity (Wildman–Crippen MR) is 70.8 cm³/mol. The maximum atomic E-state index is 8.71. The Morgan fingerprint density at radius 3 is 2.75 bits per heavy atom. The fraction of sp³-hybridized carbons (Fsp3) is 0.250. The molecule has 0 aliphatic carbocycles. The number of aryl methyl sites for hydroxylation is 1. The minimum atomic E-state index is -0.0201. The zero-order chi connectivity index (χ0) is 14.5. The van der Waals surface area contributed by atoms with Gasteiger partial charge in [-0.3, -0.25) is 4.68 Å². The van der Waals surface area contributed by atoms with E-state index in [0.29, 0.717) is 22.8 Å². The van der Waals surface area contributed by atoms with Gasteiger partial charge in [-0.15, -0.1) is 5.10 Å². The lowest BCUT2D eigenvalue weighted by atomic mass is 10.2. The van der Waals surface area contributed by atoms with E-state index in [1.807, 2.05) is 0 Å². The molecule has 0 amide bonds. The number of benzene rings is 1. The van der Waals surface area contributed by atoms with Crippen molar-refractivity contribution in [1.29, 1.82) is 0 Å². The highest BCUT2D eigenvalue weighted by Gasteiger charge is 2.07. The van der Waals surface area contributed by atoms with Crippen LogP contribution in [0.2, 0.25) is 0 Å². The Hall–Kier alpha value is -2.77. The van der Waals surface area contributed by atoms with E-state index in [1.54, 1.807) is 36.1 Å². The van der Waals surface area contributed by atoms with Crippen LogP contribution in [0, 0.1) is 0 Å². The summed E-state index contributed by atoms with van der Waals surface area (Å²) in [6.07, 6.45) is 1.75. The highest BCUT2D eigenvalue weighted by atomic mass is 16.5. The summed E-state index contributed by atoms with van der Waals surface area (Å²) in [6, 6.07) is 4.99. The number of aromatic nitrogens is 3. The van der Waals surface area contributed by atoms with E-state index in [9.17, 15) is 0 Å². The van der Waals surface area contributed by atoms with E-state index in [4.69, 9.17) is 20.4 Å². The molecule has 8 heteroatoms. The van der Waals surface area contributed by atoms with Gasteiger partial charge in [-0.05, 0) is 12.1 Å². The minimum Gasteiger partial charge on any atom is -0.497 e. The van der Waals surface area contributed by atoms with Gasteiger partial charge in [0.15, 0.2) is 5.84 Å². The molecule has 1 aromatic heterocycles. The van der Waals surface area contributed by atoms with Crippen LogP contribution in [0.25, 0.3) is 0 Å². The lowest BCUT2D eigenvalue weighted by molar-refractivity contribution is 0.298. The number of ether oxygens (including phenoxy) is 2. The second kappa shape index (κ2) is 5.91. The number of oxime groups is 1. The highest BCUT2D eigenvalue weighted by Crippen LogP contribution is 2.23. The summed E-state index contributed by atoms with van der Waals surface area (Å²) in [4.78, 5) is 0. The molecule has 1 heterocycles. The fourth-order valence-corrected chi connectivity index (χ4v) is 1.60. The molecule has 3 N–H and O–H groups in total. The van der Waals surface area contributed by atoms with E-state index in [2.05, 4.69) is 15.5 Å². The first-order valence-corrected chi connectivity index (χ1v) is 5.77. The van der Waals surface area contributed by atoms with Gasteiger partial charge in [0, 0.05) is 18.7 Å². The van der Waals surface area contributed by atoms with Crippen LogP contribution in [0.15, 0.2) is 29.6 Å². The van der Waals surface area contributed by atoms with Crippen LogP contribution in [0.3, 0.4) is 0 Å². The molecule has 0 saturated carbocycles. The third-order valence-electron chi connectivity index (χ3n) is 2.56. The molecular weight excluding hydrogens is 262 g/mol. The van der Waals surface area contributed by atoms with Gasteiger partial charge in [-0.1, -0.05) is 10.4 Å². The Morgan fingerprint density at radius 2 is 2.15 bits per heavy atom. The fourth-order valence-electron chi connectivity index (χ4n) is 1.60. The quantitative estimate of drug-likeness (QED) is 0.356. The molecule has 0 radical (unpaired) electrons. The van der Waals surface area contributed by atoms with Gasteiger partial charge in [0.2, 0.25) is 0 Å². The van der Waals surface area contributed by atoms with Crippen molar-refractivity contribution >= 4 is 5.84 Å². The molecule has 106 valence electrons. The summed E-state index contributed by atoms with van der Waals surface area (Å²) in [5.74, 6) is 1.05. The SMILES string of the molecule is COc1cc(OCc2cn(C)nn2)cc(/C(N)=N/O)c1. The second-order valence-electron chi connectivity index (χ2n) is 4.05. The standard InChI is InChI=1S/C12H15N5O3/c1-17-6-9(14-16-17)7-20-11-4-8(12(13)15-18)3-10(5-11)19-2/h3-6,18H,7H2,1-2H3,(H2,13,15). The van der Waals surface area contributed by atoms with Crippen LogP contribution in [-0.4, -0.2) is 33.1 Å². The first-order valence-electron chi connectivity index (χ1n) is 5.77. The number of nitrogens with zero attached hydrogens (tertiary/aromatic N) is 4. The van der Waals surface area contributed by atoms with Crippen molar-refractivity contribution < 1.29 is 14.7 Å². The Bertz CT molecular complexity index is 623. The van der Waals surface area contributed by atoms with Gasteiger partial charge in [-0.2, -0.15) is 0 Å². The van der Waals surface area contributed by atoms with Crippen LogP contribution >= 0.6 is 0 Å². The van der Waals surface area contributed by atoms with Gasteiger partial charge in [-0.25, -0.2) is 0 Å². The molecule has 2 rings (SSSR count). The first-order chi connectivity index (χ1) is 9.62. The van der Waals surface area contributed by atoms with Gasteiger partial charge in [0.25, 0.3) is 0 Å². The van der Waals surface area contributed by atoms with Gasteiger partial charge >= 0.3 is 0 Å². The molecule has 8 nitrogen and oxygen atoms in total. The van der Waals surface area contributed by atoms with Crippen molar-refractivity contribution in [3.8, 4) is 11.5 Å². The van der Waals surface area contributed by atoms with Crippen LogP contribution in [0.1, 0.15) is 11.3 Å². The molecule has 0 aliphatic heterocycles. The Kier molecular flexibility index (Phi) is 4.04. The average Bonchev–Trinajstić information content (AvgIpc) is 2.89. The van der Waals surface area contributed by atoms with Crippen LogP contribution < -0.4 is 15.2 Å². The number of methoxy groups -OCH3 is 1. The number of nitrogens with two attached hydrogens (primary N) is 1. The van der Waals surface area contributed by atoms with Crippen molar-refractivity contribution in [3.63, 3.8) is 0 Å². The second-order valence-corrected chi connectivity index (χ2v) is 4.05. The van der Waals surface area contributed by atoms with E-state index in [-0.39, 0.29) is 12.4 Å². The number of amidine groups is 1. The van der Waals surface area contributed by atoms with Crippen molar-refractivity contribution in [2.45, 2.75) is 6.61 Å². The molecular formula is C12H15N5O3. The Morgan fingerprint density at radius 1 is 1.40 bits per heavy atom. The molecule has 0 aliphatic rings. The largest absolute Gasteiger partial charge is 0.497 e. The summed E-state index contributed by atoms with van der Waals surface area (Å²) in [6.45, 7) is 0.261. The third-order valence-corrected chi connectivity index (χ3v) is 2.56. The summed E-state index contributed by atoms with van der Waals surface area (Å²) in [7, 11) is 3.30. The Balaban J connectivity index is 2.18. The van der Waals surface area contributed by atoms with Crippen LogP contribution in [0.5, 0.6) is 11.5 Å². The van der Waals surface area contributed by atoms with Crippen molar-refractivity contribution in [3.05, 3.63) is 35.7 Å². The molecule has 1 aromatic carbocycles. The minimum absolute atomic E-state index is 0.0201. The first kappa shape index (κ1) is 13.7.